The van der Waals surface area contributed by atoms with Crippen molar-refractivity contribution in [1.29, 1.82) is 0 Å². The van der Waals surface area contributed by atoms with E-state index in [2.05, 4.69) is 10.0 Å². The average Bonchev–Trinajstić information content (AvgIpc) is 2.85. The molecule has 0 aromatic heterocycles. The Hall–Kier alpha value is -3.72. The number of hydrogen-bond donors (Lipinski definition) is 2. The third-order valence-corrected chi connectivity index (χ3v) is 6.66. The van der Waals surface area contributed by atoms with Gasteiger partial charge in [-0.15, -0.1) is 0 Å². The van der Waals surface area contributed by atoms with Gasteiger partial charge in [-0.3, -0.25) is 4.72 Å². The van der Waals surface area contributed by atoms with Crippen molar-refractivity contribution >= 4 is 27.4 Å². The Kier molecular flexibility index (Phi) is 8.59. The molecule has 0 atom stereocenters. The number of sulfonamides is 1. The molecule has 186 valence electrons. The predicted molar refractivity (Wildman–Crippen MR) is 136 cm³/mol. The second-order valence-electron chi connectivity index (χ2n) is 7.77. The molecule has 0 unspecified atom stereocenters. The van der Waals surface area contributed by atoms with E-state index in [4.69, 9.17) is 14.2 Å². The van der Waals surface area contributed by atoms with Crippen molar-refractivity contribution in [2.75, 3.05) is 37.4 Å². The average molecular weight is 499 g/mol. The van der Waals surface area contributed by atoms with Crippen molar-refractivity contribution in [2.24, 2.45) is 0 Å². The minimum atomic E-state index is -3.87. The molecule has 0 saturated carbocycles. The maximum Gasteiger partial charge on any atom is 0.338 e. The SMILES string of the molecule is CCOC(=O)c1ccc(NCCc2ccc(OC)c(OC)c2)c(NS(=O)(=O)c2ccc(C)cc2)c1. The first-order valence-electron chi connectivity index (χ1n) is 11.1. The second kappa shape index (κ2) is 11.6. The lowest BCUT2D eigenvalue weighted by atomic mass is 10.1. The lowest BCUT2D eigenvalue weighted by molar-refractivity contribution is 0.0526. The highest BCUT2D eigenvalue weighted by Gasteiger charge is 2.18. The van der Waals surface area contributed by atoms with Gasteiger partial charge >= 0.3 is 5.97 Å². The van der Waals surface area contributed by atoms with Crippen molar-refractivity contribution < 1.29 is 27.4 Å². The molecule has 0 bridgehead atoms. The van der Waals surface area contributed by atoms with Crippen LogP contribution in [0.15, 0.2) is 65.6 Å². The Morgan fingerprint density at radius 1 is 0.886 bits per heavy atom. The van der Waals surface area contributed by atoms with E-state index in [-0.39, 0.29) is 22.8 Å². The highest BCUT2D eigenvalue weighted by atomic mass is 32.2. The molecule has 3 aromatic carbocycles. The lowest BCUT2D eigenvalue weighted by Crippen LogP contribution is -2.16. The van der Waals surface area contributed by atoms with Gasteiger partial charge in [-0.25, -0.2) is 13.2 Å². The van der Waals surface area contributed by atoms with Crippen LogP contribution in [0, 0.1) is 6.92 Å². The summed E-state index contributed by atoms with van der Waals surface area (Å²) >= 11 is 0. The molecule has 0 saturated heterocycles. The van der Waals surface area contributed by atoms with Crippen LogP contribution in [0.25, 0.3) is 0 Å². The number of anilines is 2. The number of nitrogens with one attached hydrogen (secondary N) is 2. The summed E-state index contributed by atoms with van der Waals surface area (Å²) in [5, 5.41) is 3.26. The smallest absolute Gasteiger partial charge is 0.338 e. The number of methoxy groups -OCH3 is 2. The first kappa shape index (κ1) is 25.9. The molecule has 0 heterocycles. The summed E-state index contributed by atoms with van der Waals surface area (Å²) in [4.78, 5) is 12.4. The molecule has 3 aromatic rings. The van der Waals surface area contributed by atoms with Crippen molar-refractivity contribution in [3.8, 4) is 11.5 Å². The minimum absolute atomic E-state index is 0.126. The van der Waals surface area contributed by atoms with Crippen LogP contribution in [0.5, 0.6) is 11.5 Å². The zero-order valence-corrected chi connectivity index (χ0v) is 21.1. The molecular weight excluding hydrogens is 468 g/mol. The van der Waals surface area contributed by atoms with Crippen LogP contribution in [-0.4, -0.2) is 41.8 Å². The van der Waals surface area contributed by atoms with Gasteiger partial charge in [0.05, 0.1) is 42.7 Å². The van der Waals surface area contributed by atoms with Crippen LogP contribution in [0.3, 0.4) is 0 Å². The first-order valence-corrected chi connectivity index (χ1v) is 12.6. The standard InChI is InChI=1S/C26H30N2O6S/c1-5-34-26(29)20-9-12-22(27-15-14-19-8-13-24(32-3)25(16-19)33-4)23(17-20)28-35(30,31)21-10-6-18(2)7-11-21/h6-13,16-17,27-28H,5,14-15H2,1-4H3. The van der Waals surface area contributed by atoms with Crippen LogP contribution < -0.4 is 19.5 Å². The van der Waals surface area contributed by atoms with Crippen LogP contribution in [0.4, 0.5) is 11.4 Å². The molecule has 3 rings (SSSR count). The van der Waals surface area contributed by atoms with E-state index in [1.807, 2.05) is 25.1 Å². The summed E-state index contributed by atoms with van der Waals surface area (Å²) in [5.74, 6) is 0.752. The van der Waals surface area contributed by atoms with Crippen LogP contribution in [0.1, 0.15) is 28.4 Å². The molecule has 0 spiro atoms. The third-order valence-electron chi connectivity index (χ3n) is 5.28. The number of aryl methyl sites for hydroxylation is 1. The van der Waals surface area contributed by atoms with Gasteiger partial charge in [0.25, 0.3) is 10.0 Å². The Labute approximate surface area is 206 Å². The Morgan fingerprint density at radius 2 is 1.60 bits per heavy atom. The van der Waals surface area contributed by atoms with Gasteiger partial charge < -0.3 is 19.5 Å². The highest BCUT2D eigenvalue weighted by Crippen LogP contribution is 2.29. The maximum absolute atomic E-state index is 13.0. The zero-order valence-electron chi connectivity index (χ0n) is 20.3. The van der Waals surface area contributed by atoms with Gasteiger partial charge in [-0.2, -0.15) is 0 Å². The van der Waals surface area contributed by atoms with Crippen molar-refractivity contribution in [2.45, 2.75) is 25.2 Å². The third kappa shape index (κ3) is 6.66. The van der Waals surface area contributed by atoms with E-state index < -0.39 is 16.0 Å². The lowest BCUT2D eigenvalue weighted by Gasteiger charge is -2.16. The minimum Gasteiger partial charge on any atom is -0.493 e. The molecule has 9 heteroatoms. The van der Waals surface area contributed by atoms with Gasteiger partial charge in [0.1, 0.15) is 0 Å². The van der Waals surface area contributed by atoms with Crippen molar-refractivity contribution in [3.05, 3.63) is 77.4 Å². The Morgan fingerprint density at radius 3 is 2.26 bits per heavy atom. The fourth-order valence-corrected chi connectivity index (χ4v) is 4.49. The number of ether oxygens (including phenoxy) is 3. The number of rotatable bonds is 11. The van der Waals surface area contributed by atoms with Gasteiger partial charge in [-0.1, -0.05) is 23.8 Å². The van der Waals surface area contributed by atoms with Crippen molar-refractivity contribution in [1.82, 2.24) is 0 Å². The van der Waals surface area contributed by atoms with E-state index >= 15 is 0 Å². The molecule has 0 radical (unpaired) electrons. The summed E-state index contributed by atoms with van der Waals surface area (Å²) in [5.41, 5.74) is 3.00. The molecule has 0 aliphatic carbocycles. The monoisotopic (exact) mass is 498 g/mol. The topological polar surface area (TPSA) is 103 Å². The fraction of sp³-hybridized carbons (Fsp3) is 0.269. The van der Waals surface area contributed by atoms with Gasteiger partial charge in [0.2, 0.25) is 0 Å². The van der Waals surface area contributed by atoms with Gasteiger partial charge in [0.15, 0.2) is 11.5 Å². The quantitative estimate of drug-likeness (QED) is 0.371. The van der Waals surface area contributed by atoms with Crippen LogP contribution in [0.2, 0.25) is 0 Å². The fourth-order valence-electron chi connectivity index (χ4n) is 3.42. The second-order valence-corrected chi connectivity index (χ2v) is 9.45. The Balaban J connectivity index is 1.83. The predicted octanol–water partition coefficient (Wildman–Crippen LogP) is 4.64. The van der Waals surface area contributed by atoms with E-state index in [0.717, 1.165) is 11.1 Å². The van der Waals surface area contributed by atoms with Crippen LogP contribution >= 0.6 is 0 Å². The Bertz CT molecular complexity index is 1270. The molecule has 0 fully saturated rings. The van der Waals surface area contributed by atoms with E-state index in [0.29, 0.717) is 30.2 Å². The number of hydrogen-bond acceptors (Lipinski definition) is 7. The molecule has 0 amide bonds. The zero-order chi connectivity index (χ0) is 25.4. The van der Waals surface area contributed by atoms with Crippen molar-refractivity contribution in [3.63, 3.8) is 0 Å². The summed E-state index contributed by atoms with van der Waals surface area (Å²) in [6, 6.07) is 16.9. The number of carbonyl (C=O) groups excluding carboxylic acids is 1. The maximum atomic E-state index is 13.0. The van der Waals surface area contributed by atoms with E-state index in [1.54, 1.807) is 45.4 Å². The first-order chi connectivity index (χ1) is 16.8. The normalized spacial score (nSPS) is 11.0. The molecule has 8 nitrogen and oxygen atoms in total. The van der Waals surface area contributed by atoms with Gasteiger partial charge in [-0.05, 0) is 68.3 Å². The number of esters is 1. The summed E-state index contributed by atoms with van der Waals surface area (Å²) in [7, 11) is -0.711. The molecular formula is C26H30N2O6S. The van der Waals surface area contributed by atoms with E-state index in [9.17, 15) is 13.2 Å². The number of carbonyl (C=O) groups is 1. The van der Waals surface area contributed by atoms with Gasteiger partial charge in [0, 0.05) is 6.54 Å². The largest absolute Gasteiger partial charge is 0.493 e. The molecule has 0 aliphatic heterocycles. The van der Waals surface area contributed by atoms with E-state index in [1.165, 1.54) is 18.2 Å². The summed E-state index contributed by atoms with van der Waals surface area (Å²) < 4.78 is 44.3. The molecule has 35 heavy (non-hydrogen) atoms. The summed E-state index contributed by atoms with van der Waals surface area (Å²) in [6.45, 7) is 4.32. The molecule has 2 N–H and O–H groups in total. The number of benzene rings is 3. The molecule has 0 aliphatic rings. The summed E-state index contributed by atoms with van der Waals surface area (Å²) in [6.07, 6.45) is 0.643. The highest BCUT2D eigenvalue weighted by molar-refractivity contribution is 7.92. The van der Waals surface area contributed by atoms with Crippen LogP contribution in [-0.2, 0) is 21.2 Å².